The van der Waals surface area contributed by atoms with E-state index in [0.717, 1.165) is 5.56 Å². The van der Waals surface area contributed by atoms with Crippen LogP contribution in [0.1, 0.15) is 5.56 Å². The maximum Gasteiger partial charge on any atom is 0.275 e. The average molecular weight is 242 g/mol. The molecule has 0 radical (unpaired) electrons. The van der Waals surface area contributed by atoms with Crippen molar-refractivity contribution in [3.8, 4) is 5.75 Å². The molecule has 0 aliphatic rings. The highest BCUT2D eigenvalue weighted by molar-refractivity contribution is 5.49. The smallest absolute Gasteiger partial charge is 0.275 e. The van der Waals surface area contributed by atoms with Gasteiger partial charge in [0.2, 0.25) is 0 Å². The molecule has 0 aliphatic carbocycles. The van der Waals surface area contributed by atoms with Gasteiger partial charge >= 0.3 is 0 Å². The monoisotopic (exact) mass is 242 g/mol. The van der Waals surface area contributed by atoms with Gasteiger partial charge in [-0.2, -0.15) is 0 Å². The summed E-state index contributed by atoms with van der Waals surface area (Å²) in [5, 5.41) is 9.69. The molecule has 4 nitrogen and oxygen atoms in total. The SMILES string of the molecule is C=C/C=c1/[nH]/c(=C\c2ccc(O)cc2)c(=O)n1C. The first-order valence-corrected chi connectivity index (χ1v) is 5.50. The van der Waals surface area contributed by atoms with Gasteiger partial charge in [0.05, 0.1) is 0 Å². The maximum atomic E-state index is 11.9. The third kappa shape index (κ3) is 2.27. The van der Waals surface area contributed by atoms with Crippen LogP contribution in [0.2, 0.25) is 0 Å². The molecule has 0 unspecified atom stereocenters. The number of nitrogens with one attached hydrogen (secondary N) is 1. The normalized spacial score (nSPS) is 12.9. The highest BCUT2D eigenvalue weighted by atomic mass is 16.3. The molecule has 18 heavy (non-hydrogen) atoms. The van der Waals surface area contributed by atoms with Crippen LogP contribution in [0.25, 0.3) is 12.2 Å². The number of aromatic amines is 1. The second kappa shape index (κ2) is 4.79. The largest absolute Gasteiger partial charge is 0.508 e. The Morgan fingerprint density at radius 2 is 2.00 bits per heavy atom. The fraction of sp³-hybridized carbons (Fsp3) is 0.0714. The molecule has 0 amide bonds. The highest BCUT2D eigenvalue weighted by Crippen LogP contribution is 2.09. The van der Waals surface area contributed by atoms with Gasteiger partial charge in [0.25, 0.3) is 5.56 Å². The molecule has 4 heteroatoms. The molecule has 0 bridgehead atoms. The van der Waals surface area contributed by atoms with E-state index in [4.69, 9.17) is 0 Å². The van der Waals surface area contributed by atoms with Crippen LogP contribution in [0, 0.1) is 0 Å². The number of hydrogen-bond donors (Lipinski definition) is 2. The minimum Gasteiger partial charge on any atom is -0.508 e. The fourth-order valence-corrected chi connectivity index (χ4v) is 1.67. The summed E-state index contributed by atoms with van der Waals surface area (Å²) in [6.07, 6.45) is 5.09. The van der Waals surface area contributed by atoms with Crippen molar-refractivity contribution in [1.82, 2.24) is 9.55 Å². The first-order valence-electron chi connectivity index (χ1n) is 5.50. The first-order chi connectivity index (χ1) is 8.61. The Hall–Kier alpha value is -2.49. The van der Waals surface area contributed by atoms with Crippen LogP contribution >= 0.6 is 0 Å². The van der Waals surface area contributed by atoms with Gasteiger partial charge in [-0.1, -0.05) is 24.8 Å². The summed E-state index contributed by atoms with van der Waals surface area (Å²) in [5.74, 6) is 0.201. The number of phenols is 1. The van der Waals surface area contributed by atoms with E-state index in [1.807, 2.05) is 0 Å². The number of nitrogens with zero attached hydrogens (tertiary/aromatic N) is 1. The van der Waals surface area contributed by atoms with E-state index in [9.17, 15) is 9.90 Å². The maximum absolute atomic E-state index is 11.9. The zero-order chi connectivity index (χ0) is 13.1. The topological polar surface area (TPSA) is 58.0 Å². The summed E-state index contributed by atoms with van der Waals surface area (Å²) >= 11 is 0. The molecule has 0 saturated carbocycles. The van der Waals surface area contributed by atoms with E-state index in [0.29, 0.717) is 10.8 Å². The van der Waals surface area contributed by atoms with Crippen LogP contribution in [0.4, 0.5) is 0 Å². The predicted molar refractivity (Wildman–Crippen MR) is 71.6 cm³/mol. The minimum atomic E-state index is -0.101. The predicted octanol–water partition coefficient (Wildman–Crippen LogP) is 0.214. The molecule has 2 aromatic rings. The molecule has 0 aliphatic heterocycles. The highest BCUT2D eigenvalue weighted by Gasteiger charge is 1.98. The Balaban J connectivity index is 2.62. The summed E-state index contributed by atoms with van der Waals surface area (Å²) in [4.78, 5) is 15.0. The third-order valence-electron chi connectivity index (χ3n) is 2.64. The number of imidazole rings is 1. The quantitative estimate of drug-likeness (QED) is 0.791. The molecule has 92 valence electrons. The number of hydrogen-bond acceptors (Lipinski definition) is 2. The summed E-state index contributed by atoms with van der Waals surface area (Å²) in [6.45, 7) is 3.60. The van der Waals surface area contributed by atoms with Crippen molar-refractivity contribution >= 4 is 12.2 Å². The minimum absolute atomic E-state index is 0.101. The van der Waals surface area contributed by atoms with Gasteiger partial charge in [-0.25, -0.2) is 0 Å². The molecule has 0 saturated heterocycles. The molecule has 1 aromatic heterocycles. The Morgan fingerprint density at radius 1 is 1.33 bits per heavy atom. The number of allylic oxidation sites excluding steroid dienone is 1. The summed E-state index contributed by atoms with van der Waals surface area (Å²) in [6, 6.07) is 6.64. The van der Waals surface area contributed by atoms with Crippen molar-refractivity contribution in [2.75, 3.05) is 0 Å². The number of H-pyrrole nitrogens is 1. The lowest BCUT2D eigenvalue weighted by atomic mass is 10.2. The van der Waals surface area contributed by atoms with Crippen LogP contribution in [-0.4, -0.2) is 14.7 Å². The van der Waals surface area contributed by atoms with Gasteiger partial charge in [0.15, 0.2) is 0 Å². The van der Waals surface area contributed by atoms with E-state index >= 15 is 0 Å². The summed E-state index contributed by atoms with van der Waals surface area (Å²) < 4.78 is 1.52. The Bertz CT molecular complexity index is 734. The standard InChI is InChI=1S/C14H14N2O2/c1-3-4-13-15-12(14(18)16(13)2)9-10-5-7-11(17)8-6-10/h3-9,15,17H,1H2,2H3/b12-9-,13-4-. The Kier molecular flexibility index (Phi) is 3.19. The molecule has 0 fully saturated rings. The van der Waals surface area contributed by atoms with E-state index in [2.05, 4.69) is 11.6 Å². The molecular formula is C14H14N2O2. The second-order valence-electron chi connectivity index (χ2n) is 3.93. The van der Waals surface area contributed by atoms with Crippen LogP contribution in [-0.2, 0) is 7.05 Å². The van der Waals surface area contributed by atoms with E-state index in [1.165, 1.54) is 4.57 Å². The molecule has 2 rings (SSSR count). The van der Waals surface area contributed by atoms with Gasteiger partial charge in [-0.15, -0.1) is 0 Å². The van der Waals surface area contributed by atoms with Gasteiger partial charge in [0.1, 0.15) is 16.6 Å². The molecule has 0 spiro atoms. The zero-order valence-corrected chi connectivity index (χ0v) is 10.1. The number of phenolic OH excluding ortho intramolecular Hbond substituents is 1. The number of rotatable bonds is 2. The fourth-order valence-electron chi connectivity index (χ4n) is 1.67. The van der Waals surface area contributed by atoms with E-state index in [1.54, 1.807) is 49.5 Å². The summed E-state index contributed by atoms with van der Waals surface area (Å²) in [5.41, 5.74) is 1.44. The van der Waals surface area contributed by atoms with Crippen molar-refractivity contribution in [3.63, 3.8) is 0 Å². The lowest BCUT2D eigenvalue weighted by molar-refractivity contribution is 0.475. The lowest BCUT2D eigenvalue weighted by Gasteiger charge is -1.92. The average Bonchev–Trinajstić information content (AvgIpc) is 2.61. The van der Waals surface area contributed by atoms with Crippen molar-refractivity contribution in [1.29, 1.82) is 0 Å². The van der Waals surface area contributed by atoms with Crippen LogP contribution < -0.4 is 16.4 Å². The van der Waals surface area contributed by atoms with Crippen molar-refractivity contribution in [2.45, 2.75) is 0 Å². The van der Waals surface area contributed by atoms with Crippen LogP contribution in [0.15, 0.2) is 41.7 Å². The lowest BCUT2D eigenvalue weighted by Crippen LogP contribution is -2.28. The second-order valence-corrected chi connectivity index (χ2v) is 3.93. The van der Waals surface area contributed by atoms with Gasteiger partial charge in [0, 0.05) is 7.05 Å². The summed E-state index contributed by atoms with van der Waals surface area (Å²) in [7, 11) is 1.70. The van der Waals surface area contributed by atoms with Crippen LogP contribution in [0.5, 0.6) is 5.75 Å². The van der Waals surface area contributed by atoms with Crippen LogP contribution in [0.3, 0.4) is 0 Å². The molecule has 1 aromatic carbocycles. The first kappa shape index (κ1) is 12.0. The van der Waals surface area contributed by atoms with E-state index < -0.39 is 0 Å². The molecular weight excluding hydrogens is 228 g/mol. The zero-order valence-electron chi connectivity index (χ0n) is 10.1. The van der Waals surface area contributed by atoms with Gasteiger partial charge < -0.3 is 10.1 Å². The van der Waals surface area contributed by atoms with Crippen molar-refractivity contribution in [2.24, 2.45) is 7.05 Å². The number of benzene rings is 1. The Labute approximate surface area is 104 Å². The molecule has 0 atom stereocenters. The molecule has 1 heterocycles. The van der Waals surface area contributed by atoms with E-state index in [-0.39, 0.29) is 11.3 Å². The third-order valence-corrected chi connectivity index (χ3v) is 2.64. The van der Waals surface area contributed by atoms with Gasteiger partial charge in [-0.3, -0.25) is 9.36 Å². The van der Waals surface area contributed by atoms with Crippen molar-refractivity contribution in [3.05, 3.63) is 63.7 Å². The van der Waals surface area contributed by atoms with Crippen molar-refractivity contribution < 1.29 is 5.11 Å². The number of aromatic hydroxyl groups is 1. The number of aromatic nitrogens is 2. The van der Waals surface area contributed by atoms with Gasteiger partial charge in [-0.05, 0) is 29.8 Å². The Morgan fingerprint density at radius 3 is 2.61 bits per heavy atom. The molecule has 2 N–H and O–H groups in total.